The SMILES string of the molecule is Cc1ccc2c(n1)-n1cccc1C2. The summed E-state index contributed by atoms with van der Waals surface area (Å²) in [5.74, 6) is 1.11. The monoisotopic (exact) mass is 170 g/mol. The van der Waals surface area contributed by atoms with Crippen molar-refractivity contribution < 1.29 is 0 Å². The van der Waals surface area contributed by atoms with E-state index in [0.29, 0.717) is 0 Å². The summed E-state index contributed by atoms with van der Waals surface area (Å²) in [6.07, 6.45) is 3.10. The minimum Gasteiger partial charge on any atom is -0.305 e. The highest BCUT2D eigenvalue weighted by molar-refractivity contribution is 5.45. The van der Waals surface area contributed by atoms with Gasteiger partial charge in [-0.2, -0.15) is 0 Å². The highest BCUT2D eigenvalue weighted by atomic mass is 15.1. The maximum Gasteiger partial charge on any atom is 0.140 e. The zero-order chi connectivity index (χ0) is 8.84. The molecule has 2 nitrogen and oxygen atoms in total. The molecular weight excluding hydrogens is 160 g/mol. The van der Waals surface area contributed by atoms with Gasteiger partial charge >= 0.3 is 0 Å². The lowest BCUT2D eigenvalue weighted by Gasteiger charge is -2.01. The highest BCUT2D eigenvalue weighted by Crippen LogP contribution is 2.26. The van der Waals surface area contributed by atoms with Crippen LogP contribution in [0.3, 0.4) is 0 Å². The van der Waals surface area contributed by atoms with Crippen LogP contribution in [0.25, 0.3) is 5.82 Å². The van der Waals surface area contributed by atoms with Crippen molar-refractivity contribution in [3.63, 3.8) is 0 Å². The fourth-order valence-electron chi connectivity index (χ4n) is 1.88. The molecule has 2 heteroatoms. The second-order valence-corrected chi connectivity index (χ2v) is 3.48. The van der Waals surface area contributed by atoms with Crippen LogP contribution in [0, 0.1) is 6.92 Å². The van der Waals surface area contributed by atoms with Gasteiger partial charge in [-0.15, -0.1) is 0 Å². The molecule has 0 unspecified atom stereocenters. The number of nitrogens with zero attached hydrogens (tertiary/aromatic N) is 2. The first-order chi connectivity index (χ1) is 6.34. The van der Waals surface area contributed by atoms with Crippen LogP contribution in [-0.2, 0) is 6.42 Å². The fourth-order valence-corrected chi connectivity index (χ4v) is 1.88. The van der Waals surface area contributed by atoms with E-state index >= 15 is 0 Å². The molecule has 0 fully saturated rings. The summed E-state index contributed by atoms with van der Waals surface area (Å²) in [4.78, 5) is 4.53. The maximum atomic E-state index is 4.53. The molecule has 0 amide bonds. The molecule has 0 aromatic carbocycles. The van der Waals surface area contributed by atoms with Crippen LogP contribution in [0.5, 0.6) is 0 Å². The van der Waals surface area contributed by atoms with E-state index in [4.69, 9.17) is 0 Å². The molecule has 0 spiro atoms. The van der Waals surface area contributed by atoms with Crippen molar-refractivity contribution in [1.82, 2.24) is 9.55 Å². The summed E-state index contributed by atoms with van der Waals surface area (Å²) in [7, 11) is 0. The lowest BCUT2D eigenvalue weighted by Crippen LogP contribution is -1.94. The Morgan fingerprint density at radius 2 is 2.23 bits per heavy atom. The first-order valence-corrected chi connectivity index (χ1v) is 4.48. The molecule has 3 rings (SSSR count). The molecule has 1 aliphatic heterocycles. The van der Waals surface area contributed by atoms with Gasteiger partial charge in [-0.3, -0.25) is 0 Å². The van der Waals surface area contributed by atoms with Crippen LogP contribution in [0.2, 0.25) is 0 Å². The lowest BCUT2D eigenvalue weighted by molar-refractivity contribution is 0.990. The van der Waals surface area contributed by atoms with E-state index in [1.54, 1.807) is 0 Å². The minimum absolute atomic E-state index is 1.02. The molecule has 0 aliphatic carbocycles. The van der Waals surface area contributed by atoms with Crippen molar-refractivity contribution in [2.24, 2.45) is 0 Å². The fraction of sp³-hybridized carbons (Fsp3) is 0.182. The summed E-state index contributed by atoms with van der Waals surface area (Å²) in [6.45, 7) is 2.03. The number of aryl methyl sites for hydroxylation is 1. The van der Waals surface area contributed by atoms with Crippen LogP contribution >= 0.6 is 0 Å². The minimum atomic E-state index is 1.02. The molecule has 0 radical (unpaired) electrons. The van der Waals surface area contributed by atoms with Crippen molar-refractivity contribution in [1.29, 1.82) is 0 Å². The Bertz CT molecular complexity index is 469. The van der Waals surface area contributed by atoms with Gasteiger partial charge in [-0.25, -0.2) is 4.98 Å². The maximum absolute atomic E-state index is 4.53. The van der Waals surface area contributed by atoms with Gasteiger partial charge in [0.1, 0.15) is 5.82 Å². The average Bonchev–Trinajstić information content (AvgIpc) is 2.64. The highest BCUT2D eigenvalue weighted by Gasteiger charge is 2.17. The molecule has 1 aliphatic rings. The quantitative estimate of drug-likeness (QED) is 0.505. The van der Waals surface area contributed by atoms with Crippen molar-refractivity contribution in [2.45, 2.75) is 13.3 Å². The molecule has 13 heavy (non-hydrogen) atoms. The number of rotatable bonds is 0. The molecule has 3 heterocycles. The summed E-state index contributed by atoms with van der Waals surface area (Å²) in [5, 5.41) is 0. The second kappa shape index (κ2) is 2.22. The Kier molecular flexibility index (Phi) is 1.18. The largest absolute Gasteiger partial charge is 0.305 e. The molecule has 0 saturated carbocycles. The van der Waals surface area contributed by atoms with E-state index in [1.807, 2.05) is 6.92 Å². The van der Waals surface area contributed by atoms with Crippen molar-refractivity contribution in [2.75, 3.05) is 0 Å². The standard InChI is InChI=1S/C11H10N2/c1-8-4-5-9-7-10-3-2-6-13(10)11(9)12-8/h2-6H,7H2,1H3. The van der Waals surface area contributed by atoms with Gasteiger partial charge in [0.15, 0.2) is 0 Å². The topological polar surface area (TPSA) is 17.8 Å². The molecule has 0 atom stereocenters. The summed E-state index contributed by atoms with van der Waals surface area (Å²) >= 11 is 0. The van der Waals surface area contributed by atoms with Gasteiger partial charge in [0, 0.05) is 29.6 Å². The van der Waals surface area contributed by atoms with Crippen molar-refractivity contribution >= 4 is 0 Å². The Morgan fingerprint density at radius 1 is 1.31 bits per heavy atom. The first-order valence-electron chi connectivity index (χ1n) is 4.48. The van der Waals surface area contributed by atoms with Gasteiger partial charge < -0.3 is 4.57 Å². The van der Waals surface area contributed by atoms with Crippen LogP contribution in [0.15, 0.2) is 30.5 Å². The predicted molar refractivity (Wildman–Crippen MR) is 51.1 cm³/mol. The Balaban J connectivity index is 2.31. The average molecular weight is 170 g/mol. The van der Waals surface area contributed by atoms with Crippen molar-refractivity contribution in [3.05, 3.63) is 47.4 Å². The number of hydrogen-bond acceptors (Lipinski definition) is 1. The number of fused-ring (bicyclic) bond motifs is 3. The molecule has 0 N–H and O–H groups in total. The zero-order valence-corrected chi connectivity index (χ0v) is 7.49. The van der Waals surface area contributed by atoms with E-state index in [1.165, 1.54) is 11.3 Å². The van der Waals surface area contributed by atoms with Crippen LogP contribution < -0.4 is 0 Å². The number of aromatic nitrogens is 2. The smallest absolute Gasteiger partial charge is 0.140 e. The third-order valence-corrected chi connectivity index (χ3v) is 2.53. The Labute approximate surface area is 76.9 Å². The lowest BCUT2D eigenvalue weighted by atomic mass is 10.2. The van der Waals surface area contributed by atoms with Crippen LogP contribution in [-0.4, -0.2) is 9.55 Å². The van der Waals surface area contributed by atoms with Gasteiger partial charge in [0.25, 0.3) is 0 Å². The van der Waals surface area contributed by atoms with Gasteiger partial charge in [-0.05, 0) is 25.1 Å². The predicted octanol–water partition coefficient (Wildman–Crippen LogP) is 2.08. The normalized spacial score (nSPS) is 12.7. The van der Waals surface area contributed by atoms with Gasteiger partial charge in [0.2, 0.25) is 0 Å². The number of pyridine rings is 1. The summed E-state index contributed by atoms with van der Waals surface area (Å²) < 4.78 is 2.17. The first kappa shape index (κ1) is 6.89. The number of hydrogen-bond donors (Lipinski definition) is 0. The third-order valence-electron chi connectivity index (χ3n) is 2.53. The van der Waals surface area contributed by atoms with Gasteiger partial charge in [0.05, 0.1) is 0 Å². The zero-order valence-electron chi connectivity index (χ0n) is 7.49. The molecule has 64 valence electrons. The summed E-state index contributed by atoms with van der Waals surface area (Å²) in [5.41, 5.74) is 3.76. The summed E-state index contributed by atoms with van der Waals surface area (Å²) in [6, 6.07) is 8.47. The van der Waals surface area contributed by atoms with E-state index in [9.17, 15) is 0 Å². The third kappa shape index (κ3) is 0.856. The van der Waals surface area contributed by atoms with Crippen LogP contribution in [0.1, 0.15) is 17.0 Å². The molecule has 2 aromatic rings. The molecule has 0 bridgehead atoms. The Hall–Kier alpha value is -1.57. The van der Waals surface area contributed by atoms with E-state index in [-0.39, 0.29) is 0 Å². The van der Waals surface area contributed by atoms with Gasteiger partial charge in [-0.1, -0.05) is 6.07 Å². The molecule has 0 saturated heterocycles. The second-order valence-electron chi connectivity index (χ2n) is 3.48. The Morgan fingerprint density at radius 3 is 3.15 bits per heavy atom. The molecular formula is C11H10N2. The molecule has 2 aromatic heterocycles. The van der Waals surface area contributed by atoms with E-state index in [0.717, 1.165) is 17.9 Å². The van der Waals surface area contributed by atoms with E-state index in [2.05, 4.69) is 40.0 Å². The van der Waals surface area contributed by atoms with E-state index < -0.39 is 0 Å². The van der Waals surface area contributed by atoms with Crippen LogP contribution in [0.4, 0.5) is 0 Å². The van der Waals surface area contributed by atoms with Crippen molar-refractivity contribution in [3.8, 4) is 5.82 Å².